The Balaban J connectivity index is 1.45. The van der Waals surface area contributed by atoms with Gasteiger partial charge in [0.2, 0.25) is 16.0 Å². The summed E-state index contributed by atoms with van der Waals surface area (Å²) in [6.07, 6.45) is 1.33. The van der Waals surface area contributed by atoms with Gasteiger partial charge in [0.15, 0.2) is 5.82 Å². The summed E-state index contributed by atoms with van der Waals surface area (Å²) in [6.45, 7) is 1.18. The van der Waals surface area contributed by atoms with Crippen molar-refractivity contribution >= 4 is 43.3 Å². The van der Waals surface area contributed by atoms with Crippen LogP contribution in [0.25, 0.3) is 0 Å². The molecule has 0 atom stereocenters. The van der Waals surface area contributed by atoms with Crippen LogP contribution in [0.2, 0.25) is 5.02 Å². The van der Waals surface area contributed by atoms with Gasteiger partial charge in [-0.2, -0.15) is 10.1 Å². The summed E-state index contributed by atoms with van der Waals surface area (Å²) >= 11 is 5.85. The smallest absolute Gasteiger partial charge is 0.264 e. The maximum Gasteiger partial charge on any atom is 0.264 e. The van der Waals surface area contributed by atoms with Crippen molar-refractivity contribution in [2.24, 2.45) is 7.05 Å². The van der Waals surface area contributed by atoms with Gasteiger partial charge in [-0.25, -0.2) is 34.9 Å². The fraction of sp³-hybridized carbons (Fsp3) is 0.364. The second-order valence-corrected chi connectivity index (χ2v) is 12.9. The summed E-state index contributed by atoms with van der Waals surface area (Å²) in [6, 6.07) is 9.53. The molecule has 14 heteroatoms. The minimum absolute atomic E-state index is 0.0165. The van der Waals surface area contributed by atoms with E-state index in [0.717, 1.165) is 4.31 Å². The van der Waals surface area contributed by atoms with E-state index in [9.17, 15) is 21.2 Å². The Kier molecular flexibility index (Phi) is 7.28. The topological polar surface area (TPSA) is 118 Å². The van der Waals surface area contributed by atoms with Crippen LogP contribution >= 0.6 is 11.6 Å². The lowest BCUT2D eigenvalue weighted by Gasteiger charge is -2.32. The van der Waals surface area contributed by atoms with Gasteiger partial charge in [0, 0.05) is 45.2 Å². The largest absolute Gasteiger partial charge is 0.369 e. The average molecular weight is 557 g/mol. The van der Waals surface area contributed by atoms with Crippen molar-refractivity contribution in [2.45, 2.75) is 28.6 Å². The molecule has 0 aliphatic carbocycles. The predicted molar refractivity (Wildman–Crippen MR) is 135 cm³/mol. The van der Waals surface area contributed by atoms with E-state index in [4.69, 9.17) is 11.6 Å². The lowest BCUT2D eigenvalue weighted by atomic mass is 9.96. The predicted octanol–water partition coefficient (Wildman–Crippen LogP) is 3.04. The number of piperidine rings is 1. The van der Waals surface area contributed by atoms with Gasteiger partial charge < -0.3 is 4.90 Å². The maximum atomic E-state index is 14.3. The number of anilines is 2. The fourth-order valence-electron chi connectivity index (χ4n) is 3.96. The SMILES string of the molecule is CN(C)S(=O)(=O)c1ccc(S(=O)(=O)Nc2nc(C3CCN(c4ccc(Cl)cc4F)CC3)nn2C)cc1. The molecule has 1 fully saturated rings. The van der Waals surface area contributed by atoms with E-state index in [0.29, 0.717) is 42.5 Å². The molecule has 1 aliphatic heterocycles. The van der Waals surface area contributed by atoms with Crippen LogP contribution in [0.3, 0.4) is 0 Å². The van der Waals surface area contributed by atoms with Crippen LogP contribution in [-0.2, 0) is 27.1 Å². The van der Waals surface area contributed by atoms with Crippen LogP contribution in [0, 0.1) is 5.82 Å². The first-order valence-corrected chi connectivity index (χ1v) is 14.3. The standard InChI is InChI=1S/C22H26ClFN6O4S2/c1-28(2)36(33,34)18-7-5-17(6-8-18)35(31,32)27-22-25-21(26-29(22)3)15-10-12-30(13-11-15)20-9-4-16(23)14-19(20)24/h4-9,14-15H,10-13H2,1-3H3,(H,25,26,27). The zero-order valence-corrected chi connectivity index (χ0v) is 22.3. The molecular weight excluding hydrogens is 531 g/mol. The van der Waals surface area contributed by atoms with Crippen LogP contribution in [0.5, 0.6) is 0 Å². The molecule has 1 N–H and O–H groups in total. The first-order valence-electron chi connectivity index (χ1n) is 11.0. The number of benzene rings is 2. The number of sulfonamides is 2. The summed E-state index contributed by atoms with van der Waals surface area (Å²) < 4.78 is 69.3. The summed E-state index contributed by atoms with van der Waals surface area (Å²) in [7, 11) is -3.34. The molecule has 0 unspecified atom stereocenters. The highest BCUT2D eigenvalue weighted by molar-refractivity contribution is 7.92. The lowest BCUT2D eigenvalue weighted by molar-refractivity contribution is 0.477. The second-order valence-electron chi connectivity index (χ2n) is 8.64. The van der Waals surface area contributed by atoms with Crippen molar-refractivity contribution in [1.82, 2.24) is 19.1 Å². The van der Waals surface area contributed by atoms with Crippen molar-refractivity contribution in [2.75, 3.05) is 36.8 Å². The average Bonchev–Trinajstić information content (AvgIpc) is 3.18. The van der Waals surface area contributed by atoms with E-state index in [-0.39, 0.29) is 27.5 Å². The van der Waals surface area contributed by atoms with Crippen LogP contribution in [0.15, 0.2) is 52.3 Å². The molecule has 4 rings (SSSR count). The van der Waals surface area contributed by atoms with Gasteiger partial charge in [-0.1, -0.05) is 11.6 Å². The number of hydrogen-bond donors (Lipinski definition) is 1. The molecule has 1 saturated heterocycles. The molecule has 194 valence electrons. The molecule has 1 aliphatic rings. The van der Waals surface area contributed by atoms with Crippen molar-refractivity contribution in [1.29, 1.82) is 0 Å². The number of halogens is 2. The molecular formula is C22H26ClFN6O4S2. The Morgan fingerprint density at radius 3 is 2.22 bits per heavy atom. The lowest BCUT2D eigenvalue weighted by Crippen LogP contribution is -2.33. The molecule has 3 aromatic rings. The van der Waals surface area contributed by atoms with E-state index in [2.05, 4.69) is 14.8 Å². The third-order valence-electron chi connectivity index (χ3n) is 6.03. The van der Waals surface area contributed by atoms with E-state index < -0.39 is 20.0 Å². The molecule has 36 heavy (non-hydrogen) atoms. The zero-order valence-electron chi connectivity index (χ0n) is 19.9. The van der Waals surface area contributed by atoms with Crippen molar-refractivity contribution in [3.8, 4) is 0 Å². The van der Waals surface area contributed by atoms with Crippen LogP contribution < -0.4 is 9.62 Å². The molecule has 1 aromatic heterocycles. The first kappa shape index (κ1) is 26.3. The van der Waals surface area contributed by atoms with Crippen molar-refractivity contribution < 1.29 is 21.2 Å². The molecule has 0 amide bonds. The van der Waals surface area contributed by atoms with E-state index in [1.165, 1.54) is 49.1 Å². The molecule has 0 radical (unpaired) electrons. The Bertz CT molecular complexity index is 1470. The Labute approximate surface area is 214 Å². The van der Waals surface area contributed by atoms with E-state index in [1.54, 1.807) is 19.2 Å². The molecule has 2 heterocycles. The third-order valence-corrected chi connectivity index (χ3v) is 9.44. The minimum Gasteiger partial charge on any atom is -0.369 e. The van der Waals surface area contributed by atoms with Crippen molar-refractivity contribution in [3.63, 3.8) is 0 Å². The Morgan fingerprint density at radius 1 is 1.03 bits per heavy atom. The van der Waals surface area contributed by atoms with Crippen LogP contribution in [0.4, 0.5) is 16.0 Å². The molecule has 0 saturated carbocycles. The molecule has 0 spiro atoms. The normalized spacial score (nSPS) is 15.4. The highest BCUT2D eigenvalue weighted by Gasteiger charge is 2.27. The van der Waals surface area contributed by atoms with Crippen LogP contribution in [-0.4, -0.2) is 63.1 Å². The zero-order chi connectivity index (χ0) is 26.3. The summed E-state index contributed by atoms with van der Waals surface area (Å²) in [4.78, 5) is 6.21. The van der Waals surface area contributed by atoms with Gasteiger partial charge in [0.1, 0.15) is 5.82 Å². The van der Waals surface area contributed by atoms with Crippen molar-refractivity contribution in [3.05, 3.63) is 59.1 Å². The van der Waals surface area contributed by atoms with Gasteiger partial charge in [0.05, 0.1) is 15.5 Å². The van der Waals surface area contributed by atoms with Gasteiger partial charge in [0.25, 0.3) is 10.0 Å². The third kappa shape index (κ3) is 5.33. The monoisotopic (exact) mass is 556 g/mol. The first-order chi connectivity index (χ1) is 16.9. The van der Waals surface area contributed by atoms with E-state index in [1.807, 2.05) is 4.90 Å². The van der Waals surface area contributed by atoms with Gasteiger partial charge in [-0.05, 0) is 55.3 Å². The van der Waals surface area contributed by atoms with Crippen LogP contribution in [0.1, 0.15) is 24.6 Å². The number of nitrogens with one attached hydrogen (secondary N) is 1. The van der Waals surface area contributed by atoms with Gasteiger partial charge in [-0.3, -0.25) is 0 Å². The molecule has 10 nitrogen and oxygen atoms in total. The number of nitrogens with zero attached hydrogens (tertiary/aromatic N) is 5. The Hall–Kier alpha value is -2.74. The number of rotatable bonds is 7. The summed E-state index contributed by atoms with van der Waals surface area (Å²) in [5.74, 6) is 0.151. The number of aromatic nitrogens is 3. The minimum atomic E-state index is -4.03. The fourth-order valence-corrected chi connectivity index (χ4v) is 6.05. The Morgan fingerprint density at radius 2 is 1.64 bits per heavy atom. The second kappa shape index (κ2) is 9.96. The van der Waals surface area contributed by atoms with Gasteiger partial charge in [-0.15, -0.1) is 0 Å². The van der Waals surface area contributed by atoms with E-state index >= 15 is 0 Å². The highest BCUT2D eigenvalue weighted by Crippen LogP contribution is 2.31. The summed E-state index contributed by atoms with van der Waals surface area (Å²) in [5.41, 5.74) is 0.490. The van der Waals surface area contributed by atoms with Gasteiger partial charge >= 0.3 is 0 Å². The summed E-state index contributed by atoms with van der Waals surface area (Å²) in [5, 5.41) is 4.73. The number of aryl methyl sites for hydroxylation is 1. The molecule has 2 aromatic carbocycles. The number of hydrogen-bond acceptors (Lipinski definition) is 7. The molecule has 0 bridgehead atoms. The highest BCUT2D eigenvalue weighted by atomic mass is 35.5. The maximum absolute atomic E-state index is 14.3. The quantitative estimate of drug-likeness (QED) is 0.475.